The second kappa shape index (κ2) is 10.7. The Kier molecular flexibility index (Phi) is 7.93. The first-order valence-corrected chi connectivity index (χ1v) is 12.3. The molecule has 0 unspecified atom stereocenters. The van der Waals surface area contributed by atoms with Crippen LogP contribution >= 0.6 is 15.9 Å². The Morgan fingerprint density at radius 1 is 1.00 bits per heavy atom. The molecule has 3 aromatic carbocycles. The molecule has 0 saturated carbocycles. The van der Waals surface area contributed by atoms with Crippen LogP contribution < -0.4 is 14.4 Å². The highest BCUT2D eigenvalue weighted by atomic mass is 79.9. The van der Waals surface area contributed by atoms with Crippen molar-refractivity contribution in [2.75, 3.05) is 24.0 Å². The van der Waals surface area contributed by atoms with Crippen molar-refractivity contribution in [2.45, 2.75) is 18.7 Å². The van der Waals surface area contributed by atoms with E-state index in [9.17, 15) is 13.2 Å². The minimum Gasteiger partial charge on any atom is -0.491 e. The van der Waals surface area contributed by atoms with E-state index in [-0.39, 0.29) is 24.6 Å². The van der Waals surface area contributed by atoms with Gasteiger partial charge in [0, 0.05) is 4.47 Å². The number of halogens is 1. The van der Waals surface area contributed by atoms with Gasteiger partial charge in [-0.05, 0) is 67.4 Å². The van der Waals surface area contributed by atoms with Gasteiger partial charge >= 0.3 is 0 Å². The number of carbonyl (C=O) groups is 1. The maximum atomic E-state index is 13.2. The summed E-state index contributed by atoms with van der Waals surface area (Å²) < 4.78 is 34.2. The number of ether oxygens (including phenoxy) is 1. The van der Waals surface area contributed by atoms with Gasteiger partial charge in [0.2, 0.25) is 5.91 Å². The quantitative estimate of drug-likeness (QED) is 0.426. The third-order valence-electron chi connectivity index (χ3n) is 4.76. The van der Waals surface area contributed by atoms with Crippen molar-refractivity contribution in [3.05, 3.63) is 88.4 Å². The second-order valence-electron chi connectivity index (χ2n) is 7.27. The lowest BCUT2D eigenvalue weighted by molar-refractivity contribution is -0.119. The van der Waals surface area contributed by atoms with Crippen molar-refractivity contribution < 1.29 is 17.9 Å². The van der Waals surface area contributed by atoms with Crippen LogP contribution in [-0.4, -0.2) is 34.0 Å². The smallest absolute Gasteiger partial charge is 0.264 e. The molecule has 0 saturated heterocycles. The van der Waals surface area contributed by atoms with Gasteiger partial charge in [-0.15, -0.1) is 0 Å². The number of rotatable bonds is 9. The van der Waals surface area contributed by atoms with Crippen molar-refractivity contribution in [1.29, 1.82) is 0 Å². The van der Waals surface area contributed by atoms with E-state index in [1.165, 1.54) is 12.1 Å². The Morgan fingerprint density at radius 2 is 1.69 bits per heavy atom. The molecular weight excluding hydrogens is 492 g/mol. The third kappa shape index (κ3) is 6.11. The molecule has 0 spiro atoms. The lowest BCUT2D eigenvalue weighted by Crippen LogP contribution is -2.41. The molecule has 0 atom stereocenters. The van der Waals surface area contributed by atoms with Crippen LogP contribution in [0.15, 0.2) is 82.2 Å². The fraction of sp³-hybridized carbons (Fsp3) is 0.208. The molecule has 0 aliphatic rings. The maximum absolute atomic E-state index is 13.2. The SMILES string of the molecule is Cc1ccc(C)c(OCCNC(=O)CN(c2ccc(Br)cc2)S(=O)(=O)c2ccccc2)c1. The van der Waals surface area contributed by atoms with Crippen LogP contribution in [0, 0.1) is 13.8 Å². The van der Waals surface area contributed by atoms with Crippen LogP contribution in [0.1, 0.15) is 11.1 Å². The monoisotopic (exact) mass is 516 g/mol. The number of hydrogen-bond acceptors (Lipinski definition) is 4. The molecule has 0 fully saturated rings. The Labute approximate surface area is 197 Å². The first-order chi connectivity index (χ1) is 15.3. The van der Waals surface area contributed by atoms with E-state index in [1.807, 2.05) is 32.0 Å². The number of carbonyl (C=O) groups excluding carboxylic acids is 1. The highest BCUT2D eigenvalue weighted by Gasteiger charge is 2.27. The predicted octanol–water partition coefficient (Wildman–Crippen LogP) is 4.46. The number of aryl methyl sites for hydroxylation is 2. The highest BCUT2D eigenvalue weighted by Crippen LogP contribution is 2.25. The summed E-state index contributed by atoms with van der Waals surface area (Å²) in [7, 11) is -3.92. The molecule has 0 radical (unpaired) electrons. The van der Waals surface area contributed by atoms with Crippen LogP contribution in [0.25, 0.3) is 0 Å². The summed E-state index contributed by atoms with van der Waals surface area (Å²) in [5.41, 5.74) is 2.50. The van der Waals surface area contributed by atoms with Gasteiger partial charge in [0.25, 0.3) is 10.0 Å². The zero-order valence-corrected chi connectivity index (χ0v) is 20.3. The van der Waals surface area contributed by atoms with Crippen molar-refractivity contribution in [3.8, 4) is 5.75 Å². The number of anilines is 1. The number of sulfonamides is 1. The Morgan fingerprint density at radius 3 is 2.38 bits per heavy atom. The average Bonchev–Trinajstić information content (AvgIpc) is 2.78. The summed E-state index contributed by atoms with van der Waals surface area (Å²) >= 11 is 3.35. The minimum absolute atomic E-state index is 0.119. The zero-order valence-electron chi connectivity index (χ0n) is 17.9. The van der Waals surface area contributed by atoms with E-state index >= 15 is 0 Å². The number of benzene rings is 3. The van der Waals surface area contributed by atoms with Crippen LogP contribution in [-0.2, 0) is 14.8 Å². The first-order valence-electron chi connectivity index (χ1n) is 10.1. The largest absolute Gasteiger partial charge is 0.491 e. The van der Waals surface area contributed by atoms with Crippen LogP contribution in [0.4, 0.5) is 5.69 Å². The Bertz CT molecular complexity index is 1170. The van der Waals surface area contributed by atoms with E-state index in [1.54, 1.807) is 42.5 Å². The zero-order chi connectivity index (χ0) is 23.1. The first kappa shape index (κ1) is 23.8. The standard InChI is InChI=1S/C24H25BrN2O4S/c1-18-8-9-19(2)23(16-18)31-15-14-26-24(28)17-27(21-12-10-20(25)11-13-21)32(29,30)22-6-4-3-5-7-22/h3-13,16H,14-15,17H2,1-2H3,(H,26,28). The van der Waals surface area contributed by atoms with Gasteiger partial charge in [-0.3, -0.25) is 9.10 Å². The predicted molar refractivity (Wildman–Crippen MR) is 130 cm³/mol. The highest BCUT2D eigenvalue weighted by molar-refractivity contribution is 9.10. The molecule has 168 valence electrons. The summed E-state index contributed by atoms with van der Waals surface area (Å²) in [5.74, 6) is 0.347. The minimum atomic E-state index is -3.92. The van der Waals surface area contributed by atoms with Gasteiger partial charge in [-0.2, -0.15) is 0 Å². The second-order valence-corrected chi connectivity index (χ2v) is 10.0. The fourth-order valence-electron chi connectivity index (χ4n) is 3.04. The number of nitrogens with zero attached hydrogens (tertiary/aromatic N) is 1. The van der Waals surface area contributed by atoms with E-state index < -0.39 is 15.9 Å². The van der Waals surface area contributed by atoms with E-state index in [4.69, 9.17) is 4.74 Å². The molecule has 0 bridgehead atoms. The van der Waals surface area contributed by atoms with Crippen LogP contribution in [0.3, 0.4) is 0 Å². The fourth-order valence-corrected chi connectivity index (χ4v) is 4.75. The van der Waals surface area contributed by atoms with Gasteiger partial charge in [-0.25, -0.2) is 8.42 Å². The van der Waals surface area contributed by atoms with E-state index in [0.29, 0.717) is 5.69 Å². The topological polar surface area (TPSA) is 75.7 Å². The van der Waals surface area contributed by atoms with Gasteiger partial charge in [-0.1, -0.05) is 46.3 Å². The van der Waals surface area contributed by atoms with Crippen molar-refractivity contribution >= 4 is 37.5 Å². The van der Waals surface area contributed by atoms with Gasteiger partial charge in [0.05, 0.1) is 17.1 Å². The Hall–Kier alpha value is -2.84. The van der Waals surface area contributed by atoms with Crippen LogP contribution in [0.2, 0.25) is 0 Å². The number of nitrogens with one attached hydrogen (secondary N) is 1. The molecule has 8 heteroatoms. The molecule has 3 aromatic rings. The van der Waals surface area contributed by atoms with Gasteiger partial charge < -0.3 is 10.1 Å². The molecule has 1 N–H and O–H groups in total. The molecule has 0 aliphatic heterocycles. The third-order valence-corrected chi connectivity index (χ3v) is 7.08. The molecule has 0 aromatic heterocycles. The average molecular weight is 517 g/mol. The summed E-state index contributed by atoms with van der Waals surface area (Å²) in [6.45, 7) is 4.13. The molecule has 6 nitrogen and oxygen atoms in total. The van der Waals surface area contributed by atoms with Gasteiger partial charge in [0.15, 0.2) is 0 Å². The van der Waals surface area contributed by atoms with Crippen molar-refractivity contribution in [3.63, 3.8) is 0 Å². The summed E-state index contributed by atoms with van der Waals surface area (Å²) in [6.07, 6.45) is 0. The lowest BCUT2D eigenvalue weighted by atomic mass is 10.1. The molecule has 0 heterocycles. The van der Waals surface area contributed by atoms with Crippen LogP contribution in [0.5, 0.6) is 5.75 Å². The Balaban J connectivity index is 1.68. The molecular formula is C24H25BrN2O4S. The maximum Gasteiger partial charge on any atom is 0.264 e. The molecule has 3 rings (SSSR count). The van der Waals surface area contributed by atoms with Gasteiger partial charge in [0.1, 0.15) is 18.9 Å². The summed E-state index contributed by atoms with van der Waals surface area (Å²) in [6, 6.07) is 20.8. The molecule has 0 aliphatic carbocycles. The van der Waals surface area contributed by atoms with Crippen molar-refractivity contribution in [2.24, 2.45) is 0 Å². The summed E-state index contributed by atoms with van der Waals surface area (Å²) in [5, 5.41) is 2.74. The lowest BCUT2D eigenvalue weighted by Gasteiger charge is -2.24. The van der Waals surface area contributed by atoms with E-state index in [2.05, 4.69) is 21.2 Å². The number of amides is 1. The van der Waals surface area contributed by atoms with Crippen molar-refractivity contribution in [1.82, 2.24) is 5.32 Å². The van der Waals surface area contributed by atoms with E-state index in [0.717, 1.165) is 25.7 Å². The molecule has 1 amide bonds. The number of hydrogen-bond donors (Lipinski definition) is 1. The summed E-state index contributed by atoms with van der Waals surface area (Å²) in [4.78, 5) is 12.7. The normalized spacial score (nSPS) is 11.1. The molecule has 32 heavy (non-hydrogen) atoms.